The molecule has 114 valence electrons. The fraction of sp³-hybridized carbons (Fsp3) is 0.588. The highest BCUT2D eigenvalue weighted by Gasteiger charge is 2.36. The molecule has 2 unspecified atom stereocenters. The monoisotopic (exact) mass is 288 g/mol. The van der Waals surface area contributed by atoms with E-state index in [1.807, 2.05) is 19.2 Å². The van der Waals surface area contributed by atoms with Gasteiger partial charge in [0.05, 0.1) is 12.7 Å². The smallest absolute Gasteiger partial charge is 0.119 e. The molecule has 1 N–H and O–H groups in total. The van der Waals surface area contributed by atoms with Crippen molar-refractivity contribution < 1.29 is 9.47 Å². The number of benzene rings is 1. The van der Waals surface area contributed by atoms with E-state index in [0.29, 0.717) is 0 Å². The van der Waals surface area contributed by atoms with Gasteiger partial charge in [0.1, 0.15) is 17.4 Å². The number of rotatable bonds is 6. The molecule has 1 aliphatic carbocycles. The Morgan fingerprint density at radius 1 is 1.38 bits per heavy atom. The van der Waals surface area contributed by atoms with Crippen LogP contribution in [0.1, 0.15) is 31.2 Å². The summed E-state index contributed by atoms with van der Waals surface area (Å²) in [5, 5.41) is 12.5. The summed E-state index contributed by atoms with van der Waals surface area (Å²) in [4.78, 5) is 0. The van der Waals surface area contributed by atoms with Crippen LogP contribution in [-0.2, 0) is 11.2 Å². The summed E-state index contributed by atoms with van der Waals surface area (Å²) in [5.41, 5.74) is 0.816. The Morgan fingerprint density at radius 2 is 2.14 bits per heavy atom. The predicted octanol–water partition coefficient (Wildman–Crippen LogP) is 2.68. The molecule has 4 nitrogen and oxygen atoms in total. The maximum Gasteiger partial charge on any atom is 0.119 e. The second-order valence-corrected chi connectivity index (χ2v) is 5.67. The van der Waals surface area contributed by atoms with Gasteiger partial charge in [-0.05, 0) is 50.4 Å². The third-order valence-corrected chi connectivity index (χ3v) is 4.22. The van der Waals surface area contributed by atoms with Crippen LogP contribution in [0.3, 0.4) is 0 Å². The van der Waals surface area contributed by atoms with Crippen molar-refractivity contribution in [2.24, 2.45) is 0 Å². The lowest BCUT2D eigenvalue weighted by molar-refractivity contribution is 0.116. The van der Waals surface area contributed by atoms with Gasteiger partial charge in [-0.3, -0.25) is 0 Å². The molecule has 0 radical (unpaired) electrons. The van der Waals surface area contributed by atoms with Crippen LogP contribution < -0.4 is 10.1 Å². The molecule has 0 bridgehead atoms. The van der Waals surface area contributed by atoms with Crippen LogP contribution in [0.15, 0.2) is 24.3 Å². The number of nitriles is 1. The van der Waals surface area contributed by atoms with E-state index in [2.05, 4.69) is 23.5 Å². The minimum atomic E-state index is -0.429. The number of nitrogens with one attached hydrogen (secondary N) is 1. The Balaban J connectivity index is 1.93. The Kier molecular flexibility index (Phi) is 5.60. The Labute approximate surface area is 127 Å². The molecule has 0 heterocycles. The Morgan fingerprint density at radius 3 is 2.76 bits per heavy atom. The zero-order chi connectivity index (χ0) is 15.1. The van der Waals surface area contributed by atoms with Crippen molar-refractivity contribution in [1.29, 1.82) is 5.26 Å². The molecular weight excluding hydrogens is 264 g/mol. The van der Waals surface area contributed by atoms with Crippen molar-refractivity contribution >= 4 is 0 Å². The van der Waals surface area contributed by atoms with E-state index < -0.39 is 5.54 Å². The lowest BCUT2D eigenvalue weighted by Gasteiger charge is -2.35. The fourth-order valence-electron chi connectivity index (χ4n) is 2.86. The topological polar surface area (TPSA) is 54.3 Å². The molecule has 1 aromatic rings. The quantitative estimate of drug-likeness (QED) is 0.874. The van der Waals surface area contributed by atoms with Crippen LogP contribution in [0.2, 0.25) is 0 Å². The molecule has 1 saturated carbocycles. The summed E-state index contributed by atoms with van der Waals surface area (Å²) in [5.74, 6) is 0.881. The third-order valence-electron chi connectivity index (χ3n) is 4.22. The number of nitrogens with zero attached hydrogens (tertiary/aromatic N) is 1. The predicted molar refractivity (Wildman–Crippen MR) is 82.3 cm³/mol. The molecular formula is C17H24N2O2. The summed E-state index contributed by atoms with van der Waals surface area (Å²) >= 11 is 0. The fourth-order valence-corrected chi connectivity index (χ4v) is 2.86. The van der Waals surface area contributed by atoms with Crippen LogP contribution in [0.4, 0.5) is 0 Å². The van der Waals surface area contributed by atoms with Gasteiger partial charge in [0.25, 0.3) is 0 Å². The van der Waals surface area contributed by atoms with Crippen molar-refractivity contribution in [1.82, 2.24) is 5.32 Å². The van der Waals surface area contributed by atoms with Crippen molar-refractivity contribution in [2.75, 3.05) is 20.8 Å². The van der Waals surface area contributed by atoms with Crippen LogP contribution >= 0.6 is 0 Å². The largest absolute Gasteiger partial charge is 0.490 e. The summed E-state index contributed by atoms with van der Waals surface area (Å²) in [7, 11) is 3.57. The first-order chi connectivity index (χ1) is 10.2. The number of hydrogen-bond donors (Lipinski definition) is 1. The van der Waals surface area contributed by atoms with Crippen LogP contribution in [-0.4, -0.2) is 32.4 Å². The van der Waals surface area contributed by atoms with Crippen LogP contribution in [0.5, 0.6) is 5.75 Å². The van der Waals surface area contributed by atoms with E-state index in [1.165, 1.54) is 5.56 Å². The number of hydrogen-bond acceptors (Lipinski definition) is 4. The maximum atomic E-state index is 9.36. The van der Waals surface area contributed by atoms with E-state index in [4.69, 9.17) is 9.47 Å². The van der Waals surface area contributed by atoms with E-state index in [9.17, 15) is 5.26 Å². The van der Waals surface area contributed by atoms with Gasteiger partial charge in [-0.15, -0.1) is 0 Å². The molecule has 0 aromatic heterocycles. The first-order valence-corrected chi connectivity index (χ1v) is 7.56. The molecule has 4 heteroatoms. The summed E-state index contributed by atoms with van der Waals surface area (Å²) < 4.78 is 11.1. The van der Waals surface area contributed by atoms with Gasteiger partial charge >= 0.3 is 0 Å². The van der Waals surface area contributed by atoms with E-state index >= 15 is 0 Å². The zero-order valence-electron chi connectivity index (χ0n) is 12.9. The number of ether oxygens (including phenoxy) is 2. The summed E-state index contributed by atoms with van der Waals surface area (Å²) in [6, 6.07) is 10.6. The molecule has 1 fully saturated rings. The third kappa shape index (κ3) is 4.20. The van der Waals surface area contributed by atoms with E-state index in [1.54, 1.807) is 7.11 Å². The van der Waals surface area contributed by atoms with Crippen LogP contribution in [0, 0.1) is 11.3 Å². The summed E-state index contributed by atoms with van der Waals surface area (Å²) in [6.45, 7) is 0.732. The molecule has 21 heavy (non-hydrogen) atoms. The minimum Gasteiger partial charge on any atom is -0.490 e. The second-order valence-electron chi connectivity index (χ2n) is 5.67. The van der Waals surface area contributed by atoms with Crippen molar-refractivity contribution in [3.63, 3.8) is 0 Å². The van der Waals surface area contributed by atoms with Gasteiger partial charge in [-0.25, -0.2) is 0 Å². The standard InChI is InChI=1S/C17H24N2O2/c1-19-17(13-18)10-3-4-16(12-17)21-15-7-5-14(6-8-15)9-11-20-2/h5-8,16,19H,3-4,9-12H2,1-2H3. The number of methoxy groups -OCH3 is 1. The Hall–Kier alpha value is -1.57. The van der Waals surface area contributed by atoms with Crippen molar-refractivity contribution in [2.45, 2.75) is 43.7 Å². The lowest BCUT2D eigenvalue weighted by Crippen LogP contribution is -2.48. The lowest BCUT2D eigenvalue weighted by atomic mass is 9.81. The highest BCUT2D eigenvalue weighted by molar-refractivity contribution is 5.28. The SMILES string of the molecule is CNC1(C#N)CCCC(Oc2ccc(CCOC)cc2)C1. The molecule has 1 aliphatic rings. The van der Waals surface area contributed by atoms with Gasteiger partial charge in [0.2, 0.25) is 0 Å². The first kappa shape index (κ1) is 15.8. The first-order valence-electron chi connectivity index (χ1n) is 7.56. The molecule has 0 saturated heterocycles. The van der Waals surface area contributed by atoms with Crippen molar-refractivity contribution in [3.8, 4) is 11.8 Å². The average molecular weight is 288 g/mol. The van der Waals surface area contributed by atoms with Crippen molar-refractivity contribution in [3.05, 3.63) is 29.8 Å². The van der Waals surface area contributed by atoms with E-state index in [0.717, 1.165) is 44.5 Å². The van der Waals surface area contributed by atoms with E-state index in [-0.39, 0.29) is 6.10 Å². The van der Waals surface area contributed by atoms with Crippen LogP contribution in [0.25, 0.3) is 0 Å². The second kappa shape index (κ2) is 7.44. The average Bonchev–Trinajstić information content (AvgIpc) is 2.54. The highest BCUT2D eigenvalue weighted by atomic mass is 16.5. The Bertz CT molecular complexity index is 481. The normalized spacial score (nSPS) is 25.3. The molecule has 0 aliphatic heterocycles. The minimum absolute atomic E-state index is 0.107. The highest BCUT2D eigenvalue weighted by Crippen LogP contribution is 2.30. The van der Waals surface area contributed by atoms with Gasteiger partial charge in [-0.1, -0.05) is 12.1 Å². The molecule has 2 atom stereocenters. The van der Waals surface area contributed by atoms with Gasteiger partial charge in [0, 0.05) is 13.5 Å². The van der Waals surface area contributed by atoms with Gasteiger partial charge in [-0.2, -0.15) is 5.26 Å². The molecule has 0 spiro atoms. The zero-order valence-corrected chi connectivity index (χ0v) is 12.9. The van der Waals surface area contributed by atoms with Gasteiger partial charge < -0.3 is 14.8 Å². The summed E-state index contributed by atoms with van der Waals surface area (Å²) in [6.07, 6.45) is 4.69. The molecule has 2 rings (SSSR count). The molecule has 0 amide bonds. The van der Waals surface area contributed by atoms with Gasteiger partial charge in [0.15, 0.2) is 0 Å². The molecule has 1 aromatic carbocycles. The maximum absolute atomic E-state index is 9.36.